The molecule has 0 bridgehead atoms. The highest BCUT2D eigenvalue weighted by atomic mass is 16.7. The molecule has 0 heterocycles. The van der Waals surface area contributed by atoms with Crippen LogP contribution < -0.4 is 0 Å². The molecule has 0 amide bonds. The van der Waals surface area contributed by atoms with Gasteiger partial charge in [0.05, 0.1) is 0 Å². The smallest absolute Gasteiger partial charge is 0.338 e. The largest absolute Gasteiger partial charge is 0.479 e. The van der Waals surface area contributed by atoms with Gasteiger partial charge in [-0.1, -0.05) is 0 Å². The molecule has 0 saturated heterocycles. The van der Waals surface area contributed by atoms with Crippen LogP contribution in [0.15, 0.2) is 0 Å². The Bertz CT molecular complexity index is 140. The van der Waals surface area contributed by atoms with Crippen LogP contribution in [0.1, 0.15) is 6.92 Å². The molecule has 1 atom stereocenters. The summed E-state index contributed by atoms with van der Waals surface area (Å²) in [5.41, 5.74) is 0. The van der Waals surface area contributed by atoms with Crippen molar-refractivity contribution in [2.75, 3.05) is 14.2 Å². The van der Waals surface area contributed by atoms with Gasteiger partial charge in [-0.3, -0.25) is 0 Å². The van der Waals surface area contributed by atoms with E-state index >= 15 is 0 Å². The van der Waals surface area contributed by atoms with E-state index in [0.717, 1.165) is 0 Å². The van der Waals surface area contributed by atoms with Gasteiger partial charge in [-0.05, 0) is 6.92 Å². The van der Waals surface area contributed by atoms with Crippen molar-refractivity contribution >= 4 is 5.97 Å². The molecule has 0 rings (SSSR count). The number of carbonyl (C=O) groups is 1. The minimum absolute atomic E-state index is 1.26. The maximum Gasteiger partial charge on any atom is 0.338 e. The highest BCUT2D eigenvalue weighted by molar-refractivity contribution is 5.73. The second kappa shape index (κ2) is 3.66. The molecule has 0 radical (unpaired) electrons. The Morgan fingerprint density at radius 1 is 1.45 bits per heavy atom. The van der Waals surface area contributed by atoms with E-state index in [1.807, 2.05) is 0 Å². The molecule has 0 aliphatic rings. The number of aliphatic hydroxyl groups excluding tert-OH is 1. The summed E-state index contributed by atoms with van der Waals surface area (Å²) in [6, 6.07) is 0. The molecule has 11 heavy (non-hydrogen) atoms. The molecular formula is C6H12O5. The lowest BCUT2D eigenvalue weighted by Gasteiger charge is -2.28. The molecule has 5 nitrogen and oxygen atoms in total. The first kappa shape index (κ1) is 10.3. The summed E-state index contributed by atoms with van der Waals surface area (Å²) in [5.74, 6) is -2.86. The summed E-state index contributed by atoms with van der Waals surface area (Å²) in [5, 5.41) is 17.4. The van der Waals surface area contributed by atoms with Crippen molar-refractivity contribution in [2.45, 2.75) is 18.8 Å². The first-order chi connectivity index (χ1) is 4.98. The first-order valence-electron chi connectivity index (χ1n) is 2.99. The van der Waals surface area contributed by atoms with Crippen LogP contribution in [-0.4, -0.2) is 42.3 Å². The van der Waals surface area contributed by atoms with E-state index in [2.05, 4.69) is 9.47 Å². The number of aliphatic hydroxyl groups is 1. The van der Waals surface area contributed by atoms with Gasteiger partial charge in [0.1, 0.15) is 0 Å². The van der Waals surface area contributed by atoms with Gasteiger partial charge < -0.3 is 19.7 Å². The van der Waals surface area contributed by atoms with Gasteiger partial charge in [-0.15, -0.1) is 0 Å². The van der Waals surface area contributed by atoms with Gasteiger partial charge in [0.2, 0.25) is 11.9 Å². The zero-order valence-corrected chi connectivity index (χ0v) is 6.70. The molecule has 0 aliphatic carbocycles. The van der Waals surface area contributed by atoms with Gasteiger partial charge >= 0.3 is 5.97 Å². The summed E-state index contributed by atoms with van der Waals surface area (Å²) >= 11 is 0. The Balaban J connectivity index is 4.36. The maximum atomic E-state index is 10.3. The maximum absolute atomic E-state index is 10.3. The zero-order valence-electron chi connectivity index (χ0n) is 6.70. The summed E-state index contributed by atoms with van der Waals surface area (Å²) in [7, 11) is 2.52. The number of aliphatic carboxylic acids is 1. The Kier molecular flexibility index (Phi) is 3.44. The van der Waals surface area contributed by atoms with Crippen molar-refractivity contribution in [3.63, 3.8) is 0 Å². The number of rotatable bonds is 4. The van der Waals surface area contributed by atoms with E-state index in [4.69, 9.17) is 10.2 Å². The minimum Gasteiger partial charge on any atom is -0.479 e. The summed E-state index contributed by atoms with van der Waals surface area (Å²) in [4.78, 5) is 10.3. The summed E-state index contributed by atoms with van der Waals surface area (Å²) in [6.45, 7) is 1.34. The summed E-state index contributed by atoms with van der Waals surface area (Å²) in [6.07, 6.45) is -1.68. The predicted molar refractivity (Wildman–Crippen MR) is 36.1 cm³/mol. The third kappa shape index (κ3) is 2.14. The van der Waals surface area contributed by atoms with Crippen LogP contribution in [0.2, 0.25) is 0 Å². The highest BCUT2D eigenvalue weighted by Gasteiger charge is 2.38. The van der Waals surface area contributed by atoms with E-state index in [-0.39, 0.29) is 0 Å². The Labute approximate surface area is 64.5 Å². The first-order valence-corrected chi connectivity index (χ1v) is 2.99. The number of carboxylic acids is 1. The van der Waals surface area contributed by atoms with Crippen LogP contribution in [0.5, 0.6) is 0 Å². The number of ether oxygens (including phenoxy) is 2. The molecule has 0 fully saturated rings. The topological polar surface area (TPSA) is 76.0 Å². The lowest BCUT2D eigenvalue weighted by Crippen LogP contribution is -2.47. The van der Waals surface area contributed by atoms with Crippen molar-refractivity contribution < 1.29 is 24.5 Å². The van der Waals surface area contributed by atoms with Crippen molar-refractivity contribution in [1.82, 2.24) is 0 Å². The fourth-order valence-corrected chi connectivity index (χ4v) is 0.531. The van der Waals surface area contributed by atoms with Crippen molar-refractivity contribution in [3.05, 3.63) is 0 Å². The van der Waals surface area contributed by atoms with Crippen LogP contribution in [0.25, 0.3) is 0 Å². The van der Waals surface area contributed by atoms with Gasteiger partial charge in [-0.25, -0.2) is 4.79 Å². The van der Waals surface area contributed by atoms with Crippen molar-refractivity contribution in [3.8, 4) is 0 Å². The van der Waals surface area contributed by atoms with Gasteiger partial charge in [0.25, 0.3) is 0 Å². The Hall–Kier alpha value is -0.650. The van der Waals surface area contributed by atoms with Crippen LogP contribution in [0.3, 0.4) is 0 Å². The predicted octanol–water partition coefficient (Wildman–Crippen LogP) is -0.559. The molecule has 5 heteroatoms. The molecule has 0 saturated carbocycles. The standard InChI is InChI=1S/C6H12O5/c1-6(10-2,11-3)4(7)5(8)9/h4,7H,1-3H3,(H,8,9). The SMILES string of the molecule is COC(C)(OC)C(O)C(=O)O. The van der Waals surface area contributed by atoms with Gasteiger partial charge in [0, 0.05) is 14.2 Å². The number of hydrogen-bond acceptors (Lipinski definition) is 4. The second-order valence-corrected chi connectivity index (χ2v) is 2.16. The monoisotopic (exact) mass is 164 g/mol. The summed E-state index contributed by atoms with van der Waals surface area (Å²) < 4.78 is 9.31. The third-order valence-corrected chi connectivity index (χ3v) is 1.54. The third-order valence-electron chi connectivity index (χ3n) is 1.54. The van der Waals surface area contributed by atoms with E-state index in [1.54, 1.807) is 0 Å². The van der Waals surface area contributed by atoms with E-state index in [9.17, 15) is 4.79 Å². The van der Waals surface area contributed by atoms with Crippen LogP contribution >= 0.6 is 0 Å². The lowest BCUT2D eigenvalue weighted by molar-refractivity contribution is -0.248. The van der Waals surface area contributed by atoms with Crippen molar-refractivity contribution in [2.24, 2.45) is 0 Å². The number of carboxylic acid groups (broad SMARTS) is 1. The average Bonchev–Trinajstić information content (AvgIpc) is 2.01. The van der Waals surface area contributed by atoms with E-state index in [1.165, 1.54) is 21.1 Å². The molecule has 0 aromatic rings. The molecule has 0 aromatic heterocycles. The van der Waals surface area contributed by atoms with Gasteiger partial charge in [0.15, 0.2) is 0 Å². The van der Waals surface area contributed by atoms with Crippen LogP contribution in [-0.2, 0) is 14.3 Å². The van der Waals surface area contributed by atoms with Gasteiger partial charge in [-0.2, -0.15) is 0 Å². The normalized spacial score (nSPS) is 14.5. The highest BCUT2D eigenvalue weighted by Crippen LogP contribution is 2.15. The van der Waals surface area contributed by atoms with E-state index < -0.39 is 17.9 Å². The second-order valence-electron chi connectivity index (χ2n) is 2.16. The molecule has 2 N–H and O–H groups in total. The quantitative estimate of drug-likeness (QED) is 0.545. The minimum atomic E-state index is -1.68. The zero-order chi connectivity index (χ0) is 9.07. The van der Waals surface area contributed by atoms with E-state index in [0.29, 0.717) is 0 Å². The number of methoxy groups -OCH3 is 2. The Morgan fingerprint density at radius 2 is 1.82 bits per heavy atom. The van der Waals surface area contributed by atoms with Crippen LogP contribution in [0.4, 0.5) is 0 Å². The molecular weight excluding hydrogens is 152 g/mol. The number of hydrogen-bond donors (Lipinski definition) is 2. The lowest BCUT2D eigenvalue weighted by atomic mass is 10.2. The average molecular weight is 164 g/mol. The fraction of sp³-hybridized carbons (Fsp3) is 0.833. The molecule has 0 spiro atoms. The fourth-order valence-electron chi connectivity index (χ4n) is 0.531. The molecule has 0 aliphatic heterocycles. The molecule has 0 aromatic carbocycles. The molecule has 1 unspecified atom stereocenters. The Morgan fingerprint density at radius 3 is 1.91 bits per heavy atom. The molecule has 66 valence electrons. The van der Waals surface area contributed by atoms with Crippen LogP contribution in [0, 0.1) is 0 Å². The van der Waals surface area contributed by atoms with Crippen molar-refractivity contribution in [1.29, 1.82) is 0 Å².